The van der Waals surface area contributed by atoms with Crippen molar-refractivity contribution in [2.24, 2.45) is 5.92 Å². The highest BCUT2D eigenvalue weighted by atomic mass is 16.1. The van der Waals surface area contributed by atoms with Crippen molar-refractivity contribution in [1.29, 1.82) is 0 Å². The predicted octanol–water partition coefficient (Wildman–Crippen LogP) is 2.43. The van der Waals surface area contributed by atoms with Gasteiger partial charge in [0.1, 0.15) is 0 Å². The number of hydrogen-bond donors (Lipinski definition) is 1. The molecule has 0 radical (unpaired) electrons. The van der Waals surface area contributed by atoms with Gasteiger partial charge in [-0.2, -0.15) is 0 Å². The quantitative estimate of drug-likeness (QED) is 0.785. The molecule has 2 nitrogen and oxygen atoms in total. The molecular weight excluding hydrogens is 198 g/mol. The maximum absolute atomic E-state index is 12.0. The number of benzene rings is 1. The largest absolute Gasteiger partial charge is 0.316 e. The van der Waals surface area contributed by atoms with Crippen LogP contribution in [-0.2, 0) is 6.42 Å². The van der Waals surface area contributed by atoms with Crippen molar-refractivity contribution >= 4 is 5.78 Å². The molecule has 2 rings (SSSR count). The van der Waals surface area contributed by atoms with Gasteiger partial charge in [-0.3, -0.25) is 4.79 Å². The van der Waals surface area contributed by atoms with E-state index >= 15 is 0 Å². The van der Waals surface area contributed by atoms with Crippen LogP contribution in [0.25, 0.3) is 0 Å². The fourth-order valence-corrected chi connectivity index (χ4v) is 2.20. The van der Waals surface area contributed by atoms with Crippen LogP contribution in [0.4, 0.5) is 0 Å². The first-order valence-corrected chi connectivity index (χ1v) is 6.12. The summed E-state index contributed by atoms with van der Waals surface area (Å²) in [5, 5.41) is 3.30. The molecule has 1 saturated heterocycles. The Morgan fingerprint density at radius 2 is 2.12 bits per heavy atom. The van der Waals surface area contributed by atoms with Gasteiger partial charge in [-0.25, -0.2) is 0 Å². The molecule has 0 aromatic heterocycles. The van der Waals surface area contributed by atoms with Gasteiger partial charge >= 0.3 is 0 Å². The summed E-state index contributed by atoms with van der Waals surface area (Å²) in [4.78, 5) is 12.0. The smallest absolute Gasteiger partial charge is 0.163 e. The van der Waals surface area contributed by atoms with Gasteiger partial charge in [0.05, 0.1) is 0 Å². The van der Waals surface area contributed by atoms with Crippen LogP contribution >= 0.6 is 0 Å². The first-order chi connectivity index (χ1) is 7.79. The standard InChI is InChI=1S/C14H19NO/c1-2-11-3-5-13(6-4-11)14(16)9-12-7-8-15-10-12/h3-6,12,15H,2,7-10H2,1H3. The van der Waals surface area contributed by atoms with Crippen molar-refractivity contribution in [3.05, 3.63) is 35.4 Å². The highest BCUT2D eigenvalue weighted by Gasteiger charge is 2.18. The summed E-state index contributed by atoms with van der Waals surface area (Å²) in [5.41, 5.74) is 2.16. The lowest BCUT2D eigenvalue weighted by Crippen LogP contribution is -2.12. The van der Waals surface area contributed by atoms with Crippen molar-refractivity contribution in [3.8, 4) is 0 Å². The summed E-state index contributed by atoms with van der Waals surface area (Å²) in [6.07, 6.45) is 2.86. The van der Waals surface area contributed by atoms with E-state index in [2.05, 4.69) is 24.4 Å². The minimum Gasteiger partial charge on any atom is -0.316 e. The van der Waals surface area contributed by atoms with Crippen molar-refractivity contribution in [2.75, 3.05) is 13.1 Å². The van der Waals surface area contributed by atoms with Gasteiger partial charge in [-0.1, -0.05) is 31.2 Å². The average molecular weight is 217 g/mol. The molecule has 0 saturated carbocycles. The SMILES string of the molecule is CCc1ccc(C(=O)CC2CCNC2)cc1. The lowest BCUT2D eigenvalue weighted by atomic mass is 9.97. The molecule has 0 aliphatic carbocycles. The lowest BCUT2D eigenvalue weighted by Gasteiger charge is -2.07. The number of carbonyl (C=O) groups is 1. The van der Waals surface area contributed by atoms with Crippen LogP contribution in [0.2, 0.25) is 0 Å². The van der Waals surface area contributed by atoms with Gasteiger partial charge in [0.25, 0.3) is 0 Å². The zero-order valence-electron chi connectivity index (χ0n) is 9.83. The predicted molar refractivity (Wildman–Crippen MR) is 65.7 cm³/mol. The molecule has 1 N–H and O–H groups in total. The molecule has 1 heterocycles. The van der Waals surface area contributed by atoms with Gasteiger partial charge in [-0.05, 0) is 37.4 Å². The number of aryl methyl sites for hydroxylation is 1. The summed E-state index contributed by atoms with van der Waals surface area (Å²) >= 11 is 0. The van der Waals surface area contributed by atoms with Crippen LogP contribution in [0.5, 0.6) is 0 Å². The maximum atomic E-state index is 12.0. The normalized spacial score (nSPS) is 19.9. The first kappa shape index (κ1) is 11.3. The van der Waals surface area contributed by atoms with Crippen LogP contribution in [0, 0.1) is 5.92 Å². The van der Waals surface area contributed by atoms with Crippen molar-refractivity contribution < 1.29 is 4.79 Å². The molecule has 2 heteroatoms. The minimum absolute atomic E-state index is 0.288. The molecule has 1 unspecified atom stereocenters. The van der Waals surface area contributed by atoms with Crippen molar-refractivity contribution in [1.82, 2.24) is 5.32 Å². The maximum Gasteiger partial charge on any atom is 0.163 e. The third kappa shape index (κ3) is 2.70. The molecule has 0 bridgehead atoms. The van der Waals surface area contributed by atoms with E-state index in [9.17, 15) is 4.79 Å². The molecule has 0 spiro atoms. The van der Waals surface area contributed by atoms with Gasteiger partial charge in [0.2, 0.25) is 0 Å². The Hall–Kier alpha value is -1.15. The Labute approximate surface area is 97.1 Å². The summed E-state index contributed by atoms with van der Waals surface area (Å²) in [6.45, 7) is 4.19. The second-order valence-corrected chi connectivity index (χ2v) is 4.54. The number of nitrogens with one attached hydrogen (secondary N) is 1. The third-order valence-corrected chi connectivity index (χ3v) is 3.32. The second-order valence-electron chi connectivity index (χ2n) is 4.54. The molecule has 1 fully saturated rings. The molecule has 16 heavy (non-hydrogen) atoms. The van der Waals surface area contributed by atoms with E-state index in [0.29, 0.717) is 12.3 Å². The topological polar surface area (TPSA) is 29.1 Å². The van der Waals surface area contributed by atoms with E-state index in [4.69, 9.17) is 0 Å². The molecular formula is C14H19NO. The van der Waals surface area contributed by atoms with Crippen molar-refractivity contribution in [2.45, 2.75) is 26.2 Å². The second kappa shape index (κ2) is 5.26. The molecule has 1 aromatic rings. The Morgan fingerprint density at radius 3 is 2.69 bits per heavy atom. The van der Waals surface area contributed by atoms with Crippen molar-refractivity contribution in [3.63, 3.8) is 0 Å². The molecule has 1 aromatic carbocycles. The van der Waals surface area contributed by atoms with E-state index in [0.717, 1.165) is 31.5 Å². The Bertz CT molecular complexity index is 350. The lowest BCUT2D eigenvalue weighted by molar-refractivity contribution is 0.0964. The fourth-order valence-electron chi connectivity index (χ4n) is 2.20. The highest BCUT2D eigenvalue weighted by Crippen LogP contribution is 2.16. The van der Waals surface area contributed by atoms with E-state index in [1.165, 1.54) is 5.56 Å². The fraction of sp³-hybridized carbons (Fsp3) is 0.500. The van der Waals surface area contributed by atoms with Gasteiger partial charge in [-0.15, -0.1) is 0 Å². The Morgan fingerprint density at radius 1 is 1.38 bits per heavy atom. The number of carbonyl (C=O) groups excluding carboxylic acids is 1. The first-order valence-electron chi connectivity index (χ1n) is 6.12. The molecule has 1 aliphatic heterocycles. The zero-order chi connectivity index (χ0) is 11.4. The zero-order valence-corrected chi connectivity index (χ0v) is 9.83. The molecule has 1 aliphatic rings. The minimum atomic E-state index is 0.288. The van der Waals surface area contributed by atoms with E-state index in [1.54, 1.807) is 0 Å². The van der Waals surface area contributed by atoms with Gasteiger partial charge in [0, 0.05) is 12.0 Å². The third-order valence-electron chi connectivity index (χ3n) is 3.32. The van der Waals surface area contributed by atoms with E-state index < -0.39 is 0 Å². The monoisotopic (exact) mass is 217 g/mol. The van der Waals surface area contributed by atoms with Crippen LogP contribution in [0.15, 0.2) is 24.3 Å². The van der Waals surface area contributed by atoms with E-state index in [1.807, 2.05) is 12.1 Å². The number of ketones is 1. The van der Waals surface area contributed by atoms with Crippen LogP contribution in [0.1, 0.15) is 35.7 Å². The summed E-state index contributed by atoms with van der Waals surface area (Å²) in [6, 6.07) is 8.04. The average Bonchev–Trinajstić information content (AvgIpc) is 2.82. The Kier molecular flexibility index (Phi) is 3.73. The number of rotatable bonds is 4. The van der Waals surface area contributed by atoms with Crippen LogP contribution in [-0.4, -0.2) is 18.9 Å². The van der Waals surface area contributed by atoms with Crippen LogP contribution in [0.3, 0.4) is 0 Å². The summed E-state index contributed by atoms with van der Waals surface area (Å²) in [7, 11) is 0. The molecule has 86 valence electrons. The summed E-state index contributed by atoms with van der Waals surface area (Å²) < 4.78 is 0. The van der Waals surface area contributed by atoms with Gasteiger partial charge < -0.3 is 5.32 Å². The Balaban J connectivity index is 1.97. The number of Topliss-reactive ketones (excluding diaryl/α,β-unsaturated/α-hetero) is 1. The van der Waals surface area contributed by atoms with Gasteiger partial charge in [0.15, 0.2) is 5.78 Å². The van der Waals surface area contributed by atoms with Crippen LogP contribution < -0.4 is 5.32 Å². The highest BCUT2D eigenvalue weighted by molar-refractivity contribution is 5.96. The molecule has 0 amide bonds. The number of hydrogen-bond acceptors (Lipinski definition) is 2. The summed E-state index contributed by atoms with van der Waals surface area (Å²) in [5.74, 6) is 0.828. The van der Waals surface area contributed by atoms with E-state index in [-0.39, 0.29) is 5.78 Å². The molecule has 1 atom stereocenters.